The molecule has 1 unspecified atom stereocenters. The van der Waals surface area contributed by atoms with E-state index in [1.807, 2.05) is 13.8 Å². The highest BCUT2D eigenvalue weighted by molar-refractivity contribution is 7.85. The Morgan fingerprint density at radius 1 is 1.36 bits per heavy atom. The molecule has 0 aromatic rings. The van der Waals surface area contributed by atoms with Gasteiger partial charge in [0, 0.05) is 5.66 Å². The van der Waals surface area contributed by atoms with Crippen LogP contribution >= 0.6 is 18.0 Å². The van der Waals surface area contributed by atoms with Gasteiger partial charge in [0.1, 0.15) is 0 Å². The Kier molecular flexibility index (Phi) is 4.69. The summed E-state index contributed by atoms with van der Waals surface area (Å²) in [5, 5.41) is 0. The summed E-state index contributed by atoms with van der Waals surface area (Å²) < 4.78 is 16.4. The minimum atomic E-state index is -2.85. The second-order valence-corrected chi connectivity index (χ2v) is 7.05. The van der Waals surface area contributed by atoms with Crippen molar-refractivity contribution in [1.29, 1.82) is 0 Å². The predicted octanol–water partition coefficient (Wildman–Crippen LogP) is 3.50. The van der Waals surface area contributed by atoms with Crippen LogP contribution in [-0.2, 0) is 9.09 Å². The monoisotopic (exact) mass is 198 g/mol. The van der Waals surface area contributed by atoms with Crippen molar-refractivity contribution in [3.63, 3.8) is 0 Å². The molecule has 0 N–H and O–H groups in total. The Morgan fingerprint density at radius 3 is 2.09 bits per heavy atom. The molecule has 0 aromatic heterocycles. The van der Waals surface area contributed by atoms with Gasteiger partial charge in [-0.15, -0.1) is 0 Å². The maximum absolute atomic E-state index is 11.4. The molecule has 1 atom stereocenters. The van der Waals surface area contributed by atoms with Crippen LogP contribution in [0.1, 0.15) is 27.7 Å². The molecule has 0 heterocycles. The molecule has 0 bridgehead atoms. The summed E-state index contributed by atoms with van der Waals surface area (Å²) in [7, 11) is 0. The second-order valence-electron chi connectivity index (χ2n) is 3.30. The number of halogens is 1. The zero-order valence-electron chi connectivity index (χ0n) is 7.50. The van der Waals surface area contributed by atoms with Crippen LogP contribution in [0.4, 0.5) is 0 Å². The molecule has 0 aromatic carbocycles. The van der Waals surface area contributed by atoms with E-state index in [4.69, 9.17) is 15.8 Å². The van der Waals surface area contributed by atoms with Crippen LogP contribution in [0.25, 0.3) is 0 Å². The van der Waals surface area contributed by atoms with Gasteiger partial charge in [0.05, 0.1) is 6.61 Å². The van der Waals surface area contributed by atoms with E-state index < -0.39 is 6.72 Å². The summed E-state index contributed by atoms with van der Waals surface area (Å²) in [6, 6.07) is 0. The van der Waals surface area contributed by atoms with E-state index in [9.17, 15) is 4.57 Å². The molecule has 0 aliphatic heterocycles. The highest BCUT2D eigenvalue weighted by Gasteiger charge is 2.24. The fourth-order valence-corrected chi connectivity index (χ4v) is 1.37. The summed E-state index contributed by atoms with van der Waals surface area (Å²) in [5.74, 6) is 0.376. The average molecular weight is 199 g/mol. The normalized spacial score (nSPS) is 17.4. The Morgan fingerprint density at radius 2 is 1.82 bits per heavy atom. The molecular formula is C7H16ClO2P. The quantitative estimate of drug-likeness (QED) is 0.647. The molecule has 0 saturated heterocycles. The predicted molar refractivity (Wildman–Crippen MR) is 49.4 cm³/mol. The molecule has 68 valence electrons. The standard InChI is InChI=1S/C7H16ClO2P/c1-6(2)5-10-11(8,9)7(3)4/h6-7H,5H2,1-4H3. The van der Waals surface area contributed by atoms with E-state index in [2.05, 4.69) is 0 Å². The molecule has 2 nitrogen and oxygen atoms in total. The first-order chi connectivity index (χ1) is 4.86. The van der Waals surface area contributed by atoms with E-state index in [1.54, 1.807) is 13.8 Å². The van der Waals surface area contributed by atoms with Gasteiger partial charge >= 0.3 is 0 Å². The van der Waals surface area contributed by atoms with Crippen LogP contribution in [0.3, 0.4) is 0 Å². The van der Waals surface area contributed by atoms with Crippen LogP contribution in [0.2, 0.25) is 0 Å². The van der Waals surface area contributed by atoms with Crippen molar-refractivity contribution in [3.05, 3.63) is 0 Å². The summed E-state index contributed by atoms with van der Waals surface area (Å²) in [4.78, 5) is 0. The van der Waals surface area contributed by atoms with Gasteiger partial charge in [0.25, 0.3) is 6.72 Å². The SMILES string of the molecule is CC(C)COP(=O)(Cl)C(C)C. The summed E-state index contributed by atoms with van der Waals surface area (Å²) in [6.45, 7) is 5.22. The van der Waals surface area contributed by atoms with E-state index in [1.165, 1.54) is 0 Å². The van der Waals surface area contributed by atoms with Crippen molar-refractivity contribution in [2.75, 3.05) is 6.61 Å². The van der Waals surface area contributed by atoms with E-state index in [0.717, 1.165) is 0 Å². The van der Waals surface area contributed by atoms with Crippen molar-refractivity contribution in [2.45, 2.75) is 33.4 Å². The molecule has 0 rings (SSSR count). The van der Waals surface area contributed by atoms with E-state index in [0.29, 0.717) is 12.5 Å². The molecule has 4 heteroatoms. The van der Waals surface area contributed by atoms with Crippen molar-refractivity contribution < 1.29 is 9.09 Å². The first-order valence-corrected chi connectivity index (χ1v) is 6.40. The lowest BCUT2D eigenvalue weighted by atomic mass is 10.2. The van der Waals surface area contributed by atoms with Gasteiger partial charge in [-0.25, -0.2) is 0 Å². The van der Waals surface area contributed by atoms with Crippen LogP contribution in [0, 0.1) is 5.92 Å². The van der Waals surface area contributed by atoms with Gasteiger partial charge in [0.15, 0.2) is 0 Å². The van der Waals surface area contributed by atoms with Gasteiger partial charge < -0.3 is 4.52 Å². The lowest BCUT2D eigenvalue weighted by molar-refractivity contribution is 0.275. The summed E-state index contributed by atoms with van der Waals surface area (Å²) >= 11 is 5.65. The Labute approximate surface area is 73.5 Å². The largest absolute Gasteiger partial charge is 0.317 e. The molecule has 0 radical (unpaired) electrons. The van der Waals surface area contributed by atoms with Crippen molar-refractivity contribution in [1.82, 2.24) is 0 Å². The third-order valence-corrected chi connectivity index (χ3v) is 4.40. The Balaban J connectivity index is 3.84. The van der Waals surface area contributed by atoms with Crippen LogP contribution < -0.4 is 0 Å². The van der Waals surface area contributed by atoms with E-state index in [-0.39, 0.29) is 5.66 Å². The lowest BCUT2D eigenvalue weighted by Crippen LogP contribution is -2.03. The second kappa shape index (κ2) is 4.49. The zero-order valence-corrected chi connectivity index (χ0v) is 9.15. The molecule has 0 aliphatic rings. The third kappa shape index (κ3) is 4.84. The lowest BCUT2D eigenvalue weighted by Gasteiger charge is -2.15. The first-order valence-electron chi connectivity index (χ1n) is 3.80. The Bertz CT molecular complexity index is 157. The third-order valence-electron chi connectivity index (χ3n) is 1.20. The maximum atomic E-state index is 11.4. The van der Waals surface area contributed by atoms with E-state index >= 15 is 0 Å². The minimum absolute atomic E-state index is 0.0945. The van der Waals surface area contributed by atoms with Gasteiger partial charge in [-0.3, -0.25) is 4.57 Å². The maximum Gasteiger partial charge on any atom is 0.292 e. The van der Waals surface area contributed by atoms with Crippen molar-refractivity contribution in [3.8, 4) is 0 Å². The topological polar surface area (TPSA) is 26.3 Å². The molecule has 0 fully saturated rings. The van der Waals surface area contributed by atoms with Crippen LogP contribution in [0.15, 0.2) is 0 Å². The smallest absolute Gasteiger partial charge is 0.292 e. The highest BCUT2D eigenvalue weighted by Crippen LogP contribution is 2.56. The molecular weight excluding hydrogens is 183 g/mol. The Hall–Kier alpha value is 0.480. The molecule has 0 saturated carbocycles. The van der Waals surface area contributed by atoms with Gasteiger partial charge in [-0.1, -0.05) is 27.7 Å². The number of hydrogen-bond acceptors (Lipinski definition) is 2. The number of rotatable bonds is 4. The molecule has 0 amide bonds. The van der Waals surface area contributed by atoms with Gasteiger partial charge in [-0.2, -0.15) is 0 Å². The molecule has 0 spiro atoms. The summed E-state index contributed by atoms with van der Waals surface area (Å²) in [5.41, 5.74) is -0.0945. The highest BCUT2D eigenvalue weighted by atomic mass is 35.7. The summed E-state index contributed by atoms with van der Waals surface area (Å²) in [6.07, 6.45) is 0. The fourth-order valence-electron chi connectivity index (χ4n) is 0.400. The number of hydrogen-bond donors (Lipinski definition) is 0. The zero-order chi connectivity index (χ0) is 9.07. The fraction of sp³-hybridized carbons (Fsp3) is 1.00. The average Bonchev–Trinajstić information content (AvgIpc) is 1.84. The first kappa shape index (κ1) is 11.5. The van der Waals surface area contributed by atoms with Crippen molar-refractivity contribution >= 4 is 18.0 Å². The molecule has 11 heavy (non-hydrogen) atoms. The minimum Gasteiger partial charge on any atom is -0.317 e. The van der Waals surface area contributed by atoms with Crippen molar-refractivity contribution in [2.24, 2.45) is 5.92 Å². The van der Waals surface area contributed by atoms with Gasteiger partial charge in [0.2, 0.25) is 0 Å². The van der Waals surface area contributed by atoms with Crippen LogP contribution in [-0.4, -0.2) is 12.3 Å². The van der Waals surface area contributed by atoms with Gasteiger partial charge in [-0.05, 0) is 17.2 Å². The molecule has 0 aliphatic carbocycles. The van der Waals surface area contributed by atoms with Crippen LogP contribution in [0.5, 0.6) is 0 Å².